The van der Waals surface area contributed by atoms with Crippen molar-refractivity contribution in [1.82, 2.24) is 5.32 Å². The lowest BCUT2D eigenvalue weighted by Gasteiger charge is -2.29. The third-order valence-electron chi connectivity index (χ3n) is 7.02. The van der Waals surface area contributed by atoms with Gasteiger partial charge in [-0.05, 0) is 48.8 Å². The number of carboxylic acids is 1. The van der Waals surface area contributed by atoms with Crippen LogP contribution in [0.25, 0.3) is 0 Å². The molecule has 0 bridgehead atoms. The van der Waals surface area contributed by atoms with Crippen molar-refractivity contribution in [2.24, 2.45) is 5.92 Å². The Morgan fingerprint density at radius 2 is 1.72 bits per heavy atom. The number of carboxylic acid groups (broad SMARTS) is 1. The van der Waals surface area contributed by atoms with Gasteiger partial charge in [-0.1, -0.05) is 80.6 Å². The highest BCUT2D eigenvalue weighted by Gasteiger charge is 2.33. The fraction of sp³-hybridized carbons (Fsp3) is 0.481. The van der Waals surface area contributed by atoms with Crippen molar-refractivity contribution in [3.8, 4) is 0 Å². The average Bonchev–Trinajstić information content (AvgIpc) is 2.95. The van der Waals surface area contributed by atoms with E-state index in [9.17, 15) is 14.7 Å². The number of amides is 1. The molecule has 32 heavy (non-hydrogen) atoms. The van der Waals surface area contributed by atoms with E-state index in [1.54, 1.807) is 0 Å². The molecular weight excluding hydrogens is 400 g/mol. The number of para-hydroxylation sites is 1. The van der Waals surface area contributed by atoms with Crippen LogP contribution in [-0.4, -0.2) is 29.1 Å². The van der Waals surface area contributed by atoms with Gasteiger partial charge in [-0.2, -0.15) is 0 Å². The monoisotopic (exact) mass is 434 g/mol. The minimum absolute atomic E-state index is 0.0391. The van der Waals surface area contributed by atoms with E-state index in [0.29, 0.717) is 25.3 Å². The van der Waals surface area contributed by atoms with Crippen LogP contribution in [0.2, 0.25) is 0 Å². The van der Waals surface area contributed by atoms with Gasteiger partial charge in [-0.3, -0.25) is 14.9 Å². The highest BCUT2D eigenvalue weighted by atomic mass is 16.4. The van der Waals surface area contributed by atoms with E-state index in [4.69, 9.17) is 0 Å². The van der Waals surface area contributed by atoms with E-state index < -0.39 is 18.1 Å². The molecule has 0 aromatic heterocycles. The highest BCUT2D eigenvalue weighted by molar-refractivity contribution is 5.98. The van der Waals surface area contributed by atoms with Gasteiger partial charge in [-0.15, -0.1) is 0 Å². The van der Waals surface area contributed by atoms with Crippen molar-refractivity contribution >= 4 is 17.6 Å². The zero-order chi connectivity index (χ0) is 22.3. The Morgan fingerprint density at radius 3 is 2.47 bits per heavy atom. The largest absolute Gasteiger partial charge is 0.480 e. The van der Waals surface area contributed by atoms with Gasteiger partial charge in [0.2, 0.25) is 5.91 Å². The number of hydrogen-bond donors (Lipinski definition) is 2. The number of anilines is 1. The first kappa shape index (κ1) is 22.5. The molecule has 2 unspecified atom stereocenters. The summed E-state index contributed by atoms with van der Waals surface area (Å²) in [7, 11) is 0. The minimum atomic E-state index is -0.857. The maximum atomic E-state index is 13.6. The van der Waals surface area contributed by atoms with Gasteiger partial charge in [0, 0.05) is 5.69 Å². The summed E-state index contributed by atoms with van der Waals surface area (Å²) in [5.41, 5.74) is 3.12. The molecule has 2 aromatic carbocycles. The van der Waals surface area contributed by atoms with Crippen molar-refractivity contribution < 1.29 is 14.7 Å². The summed E-state index contributed by atoms with van der Waals surface area (Å²) in [4.78, 5) is 27.5. The van der Waals surface area contributed by atoms with Gasteiger partial charge in [0.1, 0.15) is 6.04 Å². The number of nitrogens with zero attached hydrogens (tertiary/aromatic N) is 1. The van der Waals surface area contributed by atoms with Gasteiger partial charge in [-0.25, -0.2) is 0 Å². The van der Waals surface area contributed by atoms with Crippen LogP contribution in [0.15, 0.2) is 54.6 Å². The van der Waals surface area contributed by atoms with Crippen molar-refractivity contribution in [3.63, 3.8) is 0 Å². The second-order valence-corrected chi connectivity index (χ2v) is 9.27. The molecule has 0 radical (unpaired) electrons. The summed E-state index contributed by atoms with van der Waals surface area (Å²) < 4.78 is 0. The molecule has 5 heteroatoms. The number of aliphatic carboxylic acids is 1. The molecule has 170 valence electrons. The molecule has 1 aliphatic heterocycles. The Hall–Kier alpha value is -2.66. The van der Waals surface area contributed by atoms with Crippen molar-refractivity contribution in [1.29, 1.82) is 0 Å². The summed E-state index contributed by atoms with van der Waals surface area (Å²) in [5, 5.41) is 13.1. The normalized spacial score (nSPS) is 20.4. The topological polar surface area (TPSA) is 69.6 Å². The summed E-state index contributed by atoms with van der Waals surface area (Å²) in [6, 6.07) is 16.8. The molecule has 1 fully saturated rings. The SMILES string of the molecule is O=C(O)C(CCC1CCCCC1)NC1CCc2ccccc2N(Cc2ccccc2)C1=O. The zero-order valence-electron chi connectivity index (χ0n) is 18.7. The van der Waals surface area contributed by atoms with E-state index in [0.717, 1.165) is 29.7 Å². The minimum Gasteiger partial charge on any atom is -0.480 e. The van der Waals surface area contributed by atoms with Crippen LogP contribution in [0.5, 0.6) is 0 Å². The van der Waals surface area contributed by atoms with Gasteiger partial charge >= 0.3 is 5.97 Å². The van der Waals surface area contributed by atoms with Crippen LogP contribution in [0, 0.1) is 5.92 Å². The molecule has 1 aliphatic carbocycles. The second kappa shape index (κ2) is 10.8. The van der Waals surface area contributed by atoms with E-state index in [2.05, 4.69) is 11.4 Å². The van der Waals surface area contributed by atoms with Crippen LogP contribution >= 0.6 is 0 Å². The quantitative estimate of drug-likeness (QED) is 0.618. The first-order chi connectivity index (χ1) is 15.6. The second-order valence-electron chi connectivity index (χ2n) is 9.27. The molecule has 2 aliphatic rings. The van der Waals surface area contributed by atoms with Crippen LogP contribution < -0.4 is 10.2 Å². The number of carbonyl (C=O) groups is 2. The fourth-order valence-corrected chi connectivity index (χ4v) is 5.20. The first-order valence-corrected chi connectivity index (χ1v) is 12.0. The number of carbonyl (C=O) groups excluding carboxylic acids is 1. The Morgan fingerprint density at radius 1 is 1.00 bits per heavy atom. The average molecular weight is 435 g/mol. The van der Waals surface area contributed by atoms with E-state index >= 15 is 0 Å². The van der Waals surface area contributed by atoms with Crippen LogP contribution in [0.4, 0.5) is 5.69 Å². The summed E-state index contributed by atoms with van der Waals surface area (Å²) in [6.45, 7) is 0.481. The number of nitrogens with one attached hydrogen (secondary N) is 1. The summed E-state index contributed by atoms with van der Waals surface area (Å²) >= 11 is 0. The first-order valence-electron chi connectivity index (χ1n) is 12.0. The number of fused-ring (bicyclic) bond motifs is 1. The Balaban J connectivity index is 1.50. The molecule has 1 amide bonds. The number of rotatable bonds is 8. The predicted octanol–water partition coefficient (Wildman–Crippen LogP) is 4.94. The van der Waals surface area contributed by atoms with Crippen molar-refractivity contribution in [2.45, 2.75) is 76.4 Å². The van der Waals surface area contributed by atoms with Crippen LogP contribution in [0.1, 0.15) is 62.5 Å². The smallest absolute Gasteiger partial charge is 0.320 e. The zero-order valence-corrected chi connectivity index (χ0v) is 18.7. The highest BCUT2D eigenvalue weighted by Crippen LogP contribution is 2.30. The fourth-order valence-electron chi connectivity index (χ4n) is 5.20. The van der Waals surface area contributed by atoms with E-state index in [-0.39, 0.29) is 5.91 Å². The maximum absolute atomic E-state index is 13.6. The van der Waals surface area contributed by atoms with Gasteiger partial charge in [0.05, 0.1) is 12.6 Å². The van der Waals surface area contributed by atoms with E-state index in [1.807, 2.05) is 53.4 Å². The lowest BCUT2D eigenvalue weighted by atomic mass is 9.85. The standard InChI is InChI=1S/C27H34N2O3/c30-26-23(28-24(27(31)32)17-15-20-9-3-1-4-10-20)18-16-22-13-7-8-14-25(22)29(26)19-21-11-5-2-6-12-21/h2,5-8,11-14,20,23-24,28H,1,3-4,9-10,15-19H2,(H,31,32). The van der Waals surface area contributed by atoms with Crippen molar-refractivity contribution in [3.05, 3.63) is 65.7 Å². The number of benzene rings is 2. The van der Waals surface area contributed by atoms with Crippen molar-refractivity contribution in [2.75, 3.05) is 4.90 Å². The molecule has 0 saturated heterocycles. The summed E-state index contributed by atoms with van der Waals surface area (Å²) in [6.07, 6.45) is 9.06. The van der Waals surface area contributed by atoms with Crippen LogP contribution in [0.3, 0.4) is 0 Å². The Kier molecular flexibility index (Phi) is 7.59. The maximum Gasteiger partial charge on any atom is 0.320 e. The predicted molar refractivity (Wildman–Crippen MR) is 127 cm³/mol. The number of aryl methyl sites for hydroxylation is 1. The number of hydrogen-bond acceptors (Lipinski definition) is 3. The molecule has 4 rings (SSSR count). The Bertz CT molecular complexity index is 908. The molecule has 2 aromatic rings. The third-order valence-corrected chi connectivity index (χ3v) is 7.02. The molecule has 5 nitrogen and oxygen atoms in total. The molecule has 1 saturated carbocycles. The Labute approximate surface area is 190 Å². The third kappa shape index (κ3) is 5.57. The van der Waals surface area contributed by atoms with Gasteiger partial charge < -0.3 is 10.0 Å². The lowest BCUT2D eigenvalue weighted by Crippen LogP contribution is -2.51. The van der Waals surface area contributed by atoms with Crippen LogP contribution in [-0.2, 0) is 22.6 Å². The lowest BCUT2D eigenvalue weighted by molar-refractivity contribution is -0.140. The van der Waals surface area contributed by atoms with Gasteiger partial charge in [0.25, 0.3) is 0 Å². The molecule has 0 spiro atoms. The van der Waals surface area contributed by atoms with Gasteiger partial charge in [0.15, 0.2) is 0 Å². The summed E-state index contributed by atoms with van der Waals surface area (Å²) in [5.74, 6) is -0.274. The molecular formula is C27H34N2O3. The molecule has 2 atom stereocenters. The molecule has 1 heterocycles. The van der Waals surface area contributed by atoms with E-state index in [1.165, 1.54) is 32.1 Å². The molecule has 2 N–H and O–H groups in total.